The Morgan fingerprint density at radius 2 is 1.86 bits per heavy atom. The van der Waals surface area contributed by atoms with Crippen molar-refractivity contribution in [1.82, 2.24) is 9.97 Å². The average molecular weight is 284 g/mol. The van der Waals surface area contributed by atoms with Crippen LogP contribution < -0.4 is 10.6 Å². The Kier molecular flexibility index (Phi) is 4.78. The van der Waals surface area contributed by atoms with Crippen LogP contribution in [0, 0.1) is 26.7 Å². The summed E-state index contributed by atoms with van der Waals surface area (Å²) in [5.74, 6) is 2.06. The average Bonchev–Trinajstić information content (AvgIpc) is 2.41. The van der Waals surface area contributed by atoms with Crippen molar-refractivity contribution in [2.45, 2.75) is 34.6 Å². The molecule has 0 aliphatic carbocycles. The van der Waals surface area contributed by atoms with Crippen molar-refractivity contribution in [3.8, 4) is 0 Å². The maximum atomic E-state index is 4.54. The fraction of sp³-hybridized carbons (Fsp3) is 0.412. The second-order valence-electron chi connectivity index (χ2n) is 5.87. The number of rotatable bonds is 5. The minimum atomic E-state index is 0.560. The molecule has 0 saturated heterocycles. The quantitative estimate of drug-likeness (QED) is 0.863. The molecule has 0 bridgehead atoms. The van der Waals surface area contributed by atoms with Crippen LogP contribution in [0.5, 0.6) is 0 Å². The van der Waals surface area contributed by atoms with E-state index in [0.717, 1.165) is 23.7 Å². The molecule has 0 saturated carbocycles. The first-order valence-corrected chi connectivity index (χ1v) is 7.38. The molecule has 0 amide bonds. The van der Waals surface area contributed by atoms with E-state index >= 15 is 0 Å². The van der Waals surface area contributed by atoms with E-state index in [-0.39, 0.29) is 0 Å². The van der Waals surface area contributed by atoms with E-state index in [1.165, 1.54) is 11.1 Å². The van der Waals surface area contributed by atoms with E-state index in [0.29, 0.717) is 11.9 Å². The topological polar surface area (TPSA) is 49.8 Å². The Balaban J connectivity index is 2.21. The third-order valence-electron chi connectivity index (χ3n) is 3.39. The first-order chi connectivity index (χ1) is 9.95. The predicted molar refractivity (Wildman–Crippen MR) is 89.3 cm³/mol. The molecule has 0 aliphatic rings. The van der Waals surface area contributed by atoms with Crippen LogP contribution in [-0.2, 0) is 0 Å². The summed E-state index contributed by atoms with van der Waals surface area (Å²) in [5, 5.41) is 6.67. The Hall–Kier alpha value is -2.10. The van der Waals surface area contributed by atoms with Gasteiger partial charge in [0.05, 0.1) is 0 Å². The monoisotopic (exact) mass is 284 g/mol. The molecule has 2 rings (SSSR count). The number of hydrogen-bond acceptors (Lipinski definition) is 4. The van der Waals surface area contributed by atoms with Gasteiger partial charge in [-0.05, 0) is 43.9 Å². The van der Waals surface area contributed by atoms with Gasteiger partial charge in [-0.1, -0.05) is 26.0 Å². The molecule has 0 unspecified atom stereocenters. The molecule has 2 aromatic rings. The molecular weight excluding hydrogens is 260 g/mol. The second kappa shape index (κ2) is 6.57. The highest BCUT2D eigenvalue weighted by atomic mass is 15.1. The summed E-state index contributed by atoms with van der Waals surface area (Å²) >= 11 is 0. The molecule has 0 radical (unpaired) electrons. The van der Waals surface area contributed by atoms with E-state index in [1.54, 1.807) is 0 Å². The lowest BCUT2D eigenvalue weighted by Crippen LogP contribution is -2.11. The Labute approximate surface area is 127 Å². The van der Waals surface area contributed by atoms with Gasteiger partial charge in [0, 0.05) is 24.0 Å². The third-order valence-corrected chi connectivity index (χ3v) is 3.39. The summed E-state index contributed by atoms with van der Waals surface area (Å²) < 4.78 is 0. The van der Waals surface area contributed by atoms with E-state index in [4.69, 9.17) is 0 Å². The van der Waals surface area contributed by atoms with Gasteiger partial charge in [0.15, 0.2) is 0 Å². The van der Waals surface area contributed by atoms with Crippen LogP contribution in [0.2, 0.25) is 0 Å². The Bertz CT molecular complexity index is 620. The SMILES string of the molecule is Cc1cc(Nc2cccc(C)c2C)nc(NCC(C)C)n1. The summed E-state index contributed by atoms with van der Waals surface area (Å²) in [6.07, 6.45) is 0. The third kappa shape index (κ3) is 4.18. The van der Waals surface area contributed by atoms with Crippen LogP contribution in [-0.4, -0.2) is 16.5 Å². The van der Waals surface area contributed by atoms with Crippen molar-refractivity contribution in [2.24, 2.45) is 5.92 Å². The van der Waals surface area contributed by atoms with E-state index in [9.17, 15) is 0 Å². The first kappa shape index (κ1) is 15.3. The lowest BCUT2D eigenvalue weighted by Gasteiger charge is -2.13. The lowest BCUT2D eigenvalue weighted by atomic mass is 10.1. The van der Waals surface area contributed by atoms with Gasteiger partial charge in [-0.25, -0.2) is 4.98 Å². The van der Waals surface area contributed by atoms with Crippen LogP contribution in [0.1, 0.15) is 30.7 Å². The van der Waals surface area contributed by atoms with Crippen molar-refractivity contribution < 1.29 is 0 Å². The molecule has 1 aromatic heterocycles. The summed E-state index contributed by atoms with van der Waals surface area (Å²) in [6, 6.07) is 8.20. The lowest BCUT2D eigenvalue weighted by molar-refractivity contribution is 0.684. The minimum absolute atomic E-state index is 0.560. The highest BCUT2D eigenvalue weighted by molar-refractivity contribution is 5.62. The molecule has 21 heavy (non-hydrogen) atoms. The molecule has 112 valence electrons. The van der Waals surface area contributed by atoms with Gasteiger partial charge < -0.3 is 10.6 Å². The van der Waals surface area contributed by atoms with Gasteiger partial charge in [0.1, 0.15) is 5.82 Å². The van der Waals surface area contributed by atoms with E-state index < -0.39 is 0 Å². The molecule has 1 heterocycles. The molecule has 0 aliphatic heterocycles. The number of benzene rings is 1. The van der Waals surface area contributed by atoms with Gasteiger partial charge in [0.25, 0.3) is 0 Å². The largest absolute Gasteiger partial charge is 0.354 e. The predicted octanol–water partition coefficient (Wildman–Crippen LogP) is 4.21. The molecule has 0 fully saturated rings. The molecule has 0 atom stereocenters. The molecule has 4 heteroatoms. The number of nitrogens with one attached hydrogen (secondary N) is 2. The molecule has 4 nitrogen and oxygen atoms in total. The summed E-state index contributed by atoms with van der Waals surface area (Å²) in [7, 11) is 0. The number of aromatic nitrogens is 2. The normalized spacial score (nSPS) is 10.8. The van der Waals surface area contributed by atoms with Crippen LogP contribution >= 0.6 is 0 Å². The highest BCUT2D eigenvalue weighted by Gasteiger charge is 2.06. The summed E-state index contributed by atoms with van der Waals surface area (Å²) in [6.45, 7) is 11.4. The van der Waals surface area contributed by atoms with Gasteiger partial charge in [-0.3, -0.25) is 0 Å². The number of aryl methyl sites for hydroxylation is 2. The van der Waals surface area contributed by atoms with Crippen molar-refractivity contribution >= 4 is 17.5 Å². The number of anilines is 3. The van der Waals surface area contributed by atoms with Crippen LogP contribution in [0.25, 0.3) is 0 Å². The van der Waals surface area contributed by atoms with Crippen LogP contribution in [0.4, 0.5) is 17.5 Å². The van der Waals surface area contributed by atoms with E-state index in [1.807, 2.05) is 13.0 Å². The zero-order valence-corrected chi connectivity index (χ0v) is 13.5. The first-order valence-electron chi connectivity index (χ1n) is 7.38. The maximum Gasteiger partial charge on any atom is 0.224 e. The zero-order chi connectivity index (χ0) is 15.4. The second-order valence-corrected chi connectivity index (χ2v) is 5.87. The van der Waals surface area contributed by atoms with Gasteiger partial charge >= 0.3 is 0 Å². The summed E-state index contributed by atoms with van der Waals surface area (Å²) in [5.41, 5.74) is 4.54. The smallest absolute Gasteiger partial charge is 0.224 e. The fourth-order valence-electron chi connectivity index (χ4n) is 2.03. The number of nitrogens with zero attached hydrogens (tertiary/aromatic N) is 2. The van der Waals surface area contributed by atoms with Crippen LogP contribution in [0.3, 0.4) is 0 Å². The van der Waals surface area contributed by atoms with Crippen LogP contribution in [0.15, 0.2) is 24.3 Å². The molecule has 1 aromatic carbocycles. The van der Waals surface area contributed by atoms with Crippen molar-refractivity contribution in [1.29, 1.82) is 0 Å². The zero-order valence-electron chi connectivity index (χ0n) is 13.5. The van der Waals surface area contributed by atoms with Crippen molar-refractivity contribution in [2.75, 3.05) is 17.2 Å². The molecule has 0 spiro atoms. The highest BCUT2D eigenvalue weighted by Crippen LogP contribution is 2.22. The standard InChI is InChI=1S/C17H24N4/c1-11(2)10-18-17-19-13(4)9-16(21-17)20-15-8-6-7-12(3)14(15)5/h6-9,11H,10H2,1-5H3,(H2,18,19,20,21). The Morgan fingerprint density at radius 3 is 2.57 bits per heavy atom. The van der Waals surface area contributed by atoms with Gasteiger partial charge in [-0.2, -0.15) is 4.98 Å². The fourth-order valence-corrected chi connectivity index (χ4v) is 2.03. The number of hydrogen-bond donors (Lipinski definition) is 2. The molecule has 2 N–H and O–H groups in total. The minimum Gasteiger partial charge on any atom is -0.354 e. The van der Waals surface area contributed by atoms with Gasteiger partial charge in [-0.15, -0.1) is 0 Å². The maximum absolute atomic E-state index is 4.54. The van der Waals surface area contributed by atoms with Crippen molar-refractivity contribution in [3.05, 3.63) is 41.1 Å². The van der Waals surface area contributed by atoms with Crippen molar-refractivity contribution in [3.63, 3.8) is 0 Å². The Morgan fingerprint density at radius 1 is 1.10 bits per heavy atom. The summed E-state index contributed by atoms with van der Waals surface area (Å²) in [4.78, 5) is 8.96. The molecular formula is C17H24N4. The van der Waals surface area contributed by atoms with Gasteiger partial charge in [0.2, 0.25) is 5.95 Å². The van der Waals surface area contributed by atoms with E-state index in [2.05, 4.69) is 66.5 Å².